The quantitative estimate of drug-likeness (QED) is 0.183. The topological polar surface area (TPSA) is 44.2 Å². The molecule has 1 fully saturated rings. The fraction of sp³-hybridized carbons (Fsp3) is 0.176. The highest BCUT2D eigenvalue weighted by atomic mass is 16.7. The molecule has 0 spiro atoms. The third-order valence-corrected chi connectivity index (χ3v) is 8.29. The van der Waals surface area contributed by atoms with Gasteiger partial charge in [0.2, 0.25) is 0 Å². The van der Waals surface area contributed by atoms with Gasteiger partial charge >= 0.3 is 7.12 Å². The fourth-order valence-corrected chi connectivity index (χ4v) is 5.48. The standard InChI is InChI=1S/C34H29BN2O2/c1-33(2)34(3,4)39-35(38-33)23-20-22-12-5-6-13-24(22)28(21-23)30-18-11-19-31(36-30)32-27-16-8-7-14-25(27)26-15-9-10-17-29(26)37-32/h5-21H,1-4H3. The molecule has 0 N–H and O–H groups in total. The van der Waals surface area contributed by atoms with Crippen molar-refractivity contribution in [2.75, 3.05) is 0 Å². The number of rotatable bonds is 3. The predicted molar refractivity (Wildman–Crippen MR) is 161 cm³/mol. The van der Waals surface area contributed by atoms with Crippen molar-refractivity contribution in [3.63, 3.8) is 0 Å². The van der Waals surface area contributed by atoms with Crippen LogP contribution in [0.4, 0.5) is 0 Å². The number of benzene rings is 4. The first kappa shape index (κ1) is 24.0. The summed E-state index contributed by atoms with van der Waals surface area (Å²) in [5, 5.41) is 5.68. The van der Waals surface area contributed by atoms with Gasteiger partial charge in [-0.3, -0.25) is 0 Å². The molecule has 190 valence electrons. The summed E-state index contributed by atoms with van der Waals surface area (Å²) in [4.78, 5) is 10.3. The molecule has 1 saturated heterocycles. The normalized spacial score (nSPS) is 16.4. The van der Waals surface area contributed by atoms with Crippen molar-refractivity contribution in [2.45, 2.75) is 38.9 Å². The lowest BCUT2D eigenvalue weighted by molar-refractivity contribution is 0.00578. The van der Waals surface area contributed by atoms with Crippen LogP contribution in [0.5, 0.6) is 0 Å². The van der Waals surface area contributed by atoms with Crippen molar-refractivity contribution in [3.05, 3.63) is 103 Å². The van der Waals surface area contributed by atoms with Gasteiger partial charge in [-0.15, -0.1) is 0 Å². The van der Waals surface area contributed by atoms with Gasteiger partial charge in [0.15, 0.2) is 0 Å². The Morgan fingerprint density at radius 2 is 1.18 bits per heavy atom. The number of pyridine rings is 2. The summed E-state index contributed by atoms with van der Waals surface area (Å²) in [6.07, 6.45) is 0. The van der Waals surface area contributed by atoms with Crippen LogP contribution in [-0.2, 0) is 9.31 Å². The SMILES string of the molecule is CC1(C)OB(c2cc(-c3cccc(-c4nc5ccccc5c5ccccc45)n3)c3ccccc3c2)OC1(C)C. The average molecular weight is 508 g/mol. The number of fused-ring (bicyclic) bond motifs is 4. The molecule has 0 amide bonds. The molecule has 1 aliphatic rings. The fourth-order valence-electron chi connectivity index (χ4n) is 5.48. The Labute approximate surface area is 228 Å². The zero-order chi connectivity index (χ0) is 26.8. The average Bonchev–Trinajstić information content (AvgIpc) is 3.18. The van der Waals surface area contributed by atoms with Gasteiger partial charge in [-0.1, -0.05) is 84.9 Å². The lowest BCUT2D eigenvalue weighted by atomic mass is 9.76. The highest BCUT2D eigenvalue weighted by molar-refractivity contribution is 6.62. The molecule has 0 saturated carbocycles. The molecule has 2 aromatic heterocycles. The van der Waals surface area contributed by atoms with Gasteiger partial charge in [-0.25, -0.2) is 9.97 Å². The van der Waals surface area contributed by atoms with E-state index in [9.17, 15) is 0 Å². The zero-order valence-corrected chi connectivity index (χ0v) is 22.6. The van der Waals surface area contributed by atoms with Gasteiger partial charge < -0.3 is 9.31 Å². The van der Waals surface area contributed by atoms with E-state index in [-0.39, 0.29) is 0 Å². The first-order valence-electron chi connectivity index (χ1n) is 13.4. The van der Waals surface area contributed by atoms with Crippen molar-refractivity contribution in [3.8, 4) is 22.6 Å². The minimum absolute atomic E-state index is 0.412. The number of nitrogens with zero attached hydrogens (tertiary/aromatic N) is 2. The van der Waals surface area contributed by atoms with Crippen LogP contribution in [-0.4, -0.2) is 28.3 Å². The maximum atomic E-state index is 6.42. The molecule has 0 unspecified atom stereocenters. The molecule has 0 bridgehead atoms. The Morgan fingerprint density at radius 3 is 1.95 bits per heavy atom. The highest BCUT2D eigenvalue weighted by Crippen LogP contribution is 2.38. The number of para-hydroxylation sites is 1. The third-order valence-electron chi connectivity index (χ3n) is 8.29. The maximum Gasteiger partial charge on any atom is 0.494 e. The smallest absolute Gasteiger partial charge is 0.399 e. The molecule has 5 heteroatoms. The second kappa shape index (κ2) is 8.73. The first-order valence-corrected chi connectivity index (χ1v) is 13.4. The summed E-state index contributed by atoms with van der Waals surface area (Å²) in [5.74, 6) is 0. The van der Waals surface area contributed by atoms with Crippen molar-refractivity contribution in [1.82, 2.24) is 9.97 Å². The molecule has 39 heavy (non-hydrogen) atoms. The van der Waals surface area contributed by atoms with Crippen LogP contribution < -0.4 is 5.46 Å². The Bertz CT molecular complexity index is 1880. The number of hydrogen-bond acceptors (Lipinski definition) is 4. The van der Waals surface area contributed by atoms with E-state index in [1.165, 1.54) is 5.39 Å². The van der Waals surface area contributed by atoms with E-state index in [0.29, 0.717) is 0 Å². The number of aromatic nitrogens is 2. The Morgan fingerprint density at radius 1 is 0.564 bits per heavy atom. The van der Waals surface area contributed by atoms with Gasteiger partial charge in [-0.2, -0.15) is 0 Å². The van der Waals surface area contributed by atoms with Gasteiger partial charge in [-0.05, 0) is 67.5 Å². The Kier molecular flexibility index (Phi) is 5.38. The van der Waals surface area contributed by atoms with E-state index in [4.69, 9.17) is 19.3 Å². The summed E-state index contributed by atoms with van der Waals surface area (Å²) in [6, 6.07) is 35.7. The lowest BCUT2D eigenvalue weighted by Gasteiger charge is -2.32. The monoisotopic (exact) mass is 508 g/mol. The van der Waals surface area contributed by atoms with Gasteiger partial charge in [0, 0.05) is 16.3 Å². The molecule has 6 aromatic rings. The molecule has 0 radical (unpaired) electrons. The van der Waals surface area contributed by atoms with Crippen molar-refractivity contribution in [1.29, 1.82) is 0 Å². The van der Waals surface area contributed by atoms with Crippen LogP contribution in [0.25, 0.3) is 55.1 Å². The Hall–Kier alpha value is -4.06. The zero-order valence-electron chi connectivity index (χ0n) is 22.6. The van der Waals surface area contributed by atoms with Gasteiger partial charge in [0.05, 0.1) is 33.8 Å². The second-order valence-electron chi connectivity index (χ2n) is 11.3. The van der Waals surface area contributed by atoms with E-state index in [1.807, 2.05) is 12.1 Å². The second-order valence-corrected chi connectivity index (χ2v) is 11.3. The maximum absolute atomic E-state index is 6.42. The summed E-state index contributed by atoms with van der Waals surface area (Å²) < 4.78 is 12.8. The molecule has 1 aliphatic heterocycles. The van der Waals surface area contributed by atoms with Crippen LogP contribution >= 0.6 is 0 Å². The van der Waals surface area contributed by atoms with Crippen molar-refractivity contribution < 1.29 is 9.31 Å². The minimum atomic E-state index is -0.451. The summed E-state index contributed by atoms with van der Waals surface area (Å²) in [6.45, 7) is 8.34. The molecule has 0 aliphatic carbocycles. The van der Waals surface area contributed by atoms with Crippen LogP contribution in [0.15, 0.2) is 103 Å². The lowest BCUT2D eigenvalue weighted by Crippen LogP contribution is -2.41. The Balaban J connectivity index is 1.41. The first-order chi connectivity index (χ1) is 18.8. The summed E-state index contributed by atoms with van der Waals surface area (Å²) in [7, 11) is -0.451. The molecule has 7 rings (SSSR count). The van der Waals surface area contributed by atoms with E-state index in [2.05, 4.69) is 119 Å². The summed E-state index contributed by atoms with van der Waals surface area (Å²) >= 11 is 0. The largest absolute Gasteiger partial charge is 0.494 e. The minimum Gasteiger partial charge on any atom is -0.399 e. The van der Waals surface area contributed by atoms with E-state index in [0.717, 1.165) is 55.2 Å². The predicted octanol–water partition coefficient (Wildman–Crippen LogP) is 7.57. The summed E-state index contributed by atoms with van der Waals surface area (Å²) in [5.41, 5.74) is 4.80. The van der Waals surface area contributed by atoms with Crippen molar-refractivity contribution in [2.24, 2.45) is 0 Å². The van der Waals surface area contributed by atoms with Crippen LogP contribution in [0, 0.1) is 0 Å². The highest BCUT2D eigenvalue weighted by Gasteiger charge is 2.51. The van der Waals surface area contributed by atoms with Crippen LogP contribution in [0.2, 0.25) is 0 Å². The van der Waals surface area contributed by atoms with E-state index in [1.54, 1.807) is 0 Å². The molecule has 4 nitrogen and oxygen atoms in total. The third kappa shape index (κ3) is 3.92. The molecular weight excluding hydrogens is 479 g/mol. The molecule has 4 aromatic carbocycles. The molecule has 3 heterocycles. The van der Waals surface area contributed by atoms with E-state index >= 15 is 0 Å². The molecule has 0 atom stereocenters. The molecular formula is C34H29BN2O2. The van der Waals surface area contributed by atoms with Gasteiger partial charge in [0.25, 0.3) is 0 Å². The van der Waals surface area contributed by atoms with Gasteiger partial charge in [0.1, 0.15) is 0 Å². The van der Waals surface area contributed by atoms with E-state index < -0.39 is 18.3 Å². The van der Waals surface area contributed by atoms with Crippen molar-refractivity contribution >= 4 is 45.0 Å². The van der Waals surface area contributed by atoms with Crippen LogP contribution in [0.1, 0.15) is 27.7 Å². The number of hydrogen-bond donors (Lipinski definition) is 0. The van der Waals surface area contributed by atoms with Crippen LogP contribution in [0.3, 0.4) is 0 Å².